The monoisotopic (exact) mass is 463 g/mol. The van der Waals surface area contributed by atoms with Gasteiger partial charge in [0.1, 0.15) is 17.4 Å². The maximum atomic E-state index is 13.8. The Morgan fingerprint density at radius 1 is 1.15 bits per heavy atom. The van der Waals surface area contributed by atoms with E-state index in [9.17, 15) is 9.50 Å². The Hall–Kier alpha value is -3.52. The molecule has 2 aromatic carbocycles. The Kier molecular flexibility index (Phi) is 6.52. The molecule has 0 radical (unpaired) electrons. The van der Waals surface area contributed by atoms with Crippen molar-refractivity contribution in [2.24, 2.45) is 7.05 Å². The molecule has 1 atom stereocenters. The predicted molar refractivity (Wildman–Crippen MR) is 129 cm³/mol. The normalized spacial score (nSPS) is 13.1. The quantitative estimate of drug-likeness (QED) is 0.416. The Balaban J connectivity index is 1.82. The number of rotatable bonds is 8. The van der Waals surface area contributed by atoms with Crippen molar-refractivity contribution >= 4 is 0 Å². The Morgan fingerprint density at radius 2 is 1.94 bits per heavy atom. The first-order valence-electron chi connectivity index (χ1n) is 11.3. The molecule has 0 aliphatic heterocycles. The van der Waals surface area contributed by atoms with E-state index in [0.29, 0.717) is 23.8 Å². The zero-order valence-electron chi connectivity index (χ0n) is 20.2. The Labute approximate surface area is 198 Å². The fourth-order valence-corrected chi connectivity index (χ4v) is 4.70. The average Bonchev–Trinajstić information content (AvgIpc) is 3.43. The third kappa shape index (κ3) is 4.09. The van der Waals surface area contributed by atoms with E-state index in [1.165, 1.54) is 12.1 Å². The predicted octanol–water partition coefficient (Wildman–Crippen LogP) is 4.51. The number of benzene rings is 2. The average molecular weight is 464 g/mol. The number of aliphatic hydroxyl groups is 1. The van der Waals surface area contributed by atoms with Crippen molar-refractivity contribution in [2.75, 3.05) is 13.7 Å². The molecule has 0 spiro atoms. The highest BCUT2D eigenvalue weighted by molar-refractivity contribution is 5.63. The van der Waals surface area contributed by atoms with Gasteiger partial charge in [-0.15, -0.1) is 0 Å². The second kappa shape index (κ2) is 9.38. The van der Waals surface area contributed by atoms with Crippen LogP contribution in [0.2, 0.25) is 0 Å². The zero-order chi connectivity index (χ0) is 24.5. The standard InChI is InChI=1S/C26H30FN5O2/c1-6-11-26(15-33,21-9-8-20(27)12-17(21)2)25-29-24(30-31(25)4)19-7-10-22(23(13-19)34-5)32-14-18(3)28-16-32/h7-10,12-14,16,33H,6,11,15H2,1-5H3. The summed E-state index contributed by atoms with van der Waals surface area (Å²) in [4.78, 5) is 9.18. The van der Waals surface area contributed by atoms with Gasteiger partial charge in [-0.05, 0) is 61.7 Å². The molecule has 0 fully saturated rings. The second-order valence-corrected chi connectivity index (χ2v) is 8.64. The van der Waals surface area contributed by atoms with E-state index in [-0.39, 0.29) is 12.4 Å². The van der Waals surface area contributed by atoms with Crippen molar-refractivity contribution < 1.29 is 14.2 Å². The van der Waals surface area contributed by atoms with Crippen molar-refractivity contribution in [2.45, 2.75) is 39.0 Å². The lowest BCUT2D eigenvalue weighted by Crippen LogP contribution is -2.36. The fourth-order valence-electron chi connectivity index (χ4n) is 4.70. The van der Waals surface area contributed by atoms with Gasteiger partial charge in [-0.1, -0.05) is 19.4 Å². The van der Waals surface area contributed by atoms with Crippen LogP contribution >= 0.6 is 0 Å². The summed E-state index contributed by atoms with van der Waals surface area (Å²) < 4.78 is 23.1. The third-order valence-corrected chi connectivity index (χ3v) is 6.27. The minimum Gasteiger partial charge on any atom is -0.495 e. The maximum Gasteiger partial charge on any atom is 0.181 e. The summed E-state index contributed by atoms with van der Waals surface area (Å²) in [5.74, 6) is 1.52. The lowest BCUT2D eigenvalue weighted by molar-refractivity contribution is 0.199. The van der Waals surface area contributed by atoms with Gasteiger partial charge in [-0.3, -0.25) is 4.68 Å². The molecule has 0 bridgehead atoms. The van der Waals surface area contributed by atoms with Crippen LogP contribution in [-0.4, -0.2) is 43.1 Å². The van der Waals surface area contributed by atoms with E-state index in [2.05, 4.69) is 17.0 Å². The molecule has 0 saturated heterocycles. The SMILES string of the molecule is CCCC(CO)(c1ccc(F)cc1C)c1nc(-c2ccc(-n3cnc(C)c3)c(OC)c2)nn1C. The maximum absolute atomic E-state index is 13.8. The highest BCUT2D eigenvalue weighted by Crippen LogP contribution is 2.38. The van der Waals surface area contributed by atoms with Crippen LogP contribution < -0.4 is 4.74 Å². The molecular weight excluding hydrogens is 433 g/mol. The molecule has 1 unspecified atom stereocenters. The molecular formula is C26H30FN5O2. The van der Waals surface area contributed by atoms with Gasteiger partial charge >= 0.3 is 0 Å². The molecule has 1 N–H and O–H groups in total. The zero-order valence-corrected chi connectivity index (χ0v) is 20.2. The topological polar surface area (TPSA) is 78.0 Å². The van der Waals surface area contributed by atoms with Crippen molar-refractivity contribution in [3.8, 4) is 22.8 Å². The van der Waals surface area contributed by atoms with Gasteiger partial charge in [0.15, 0.2) is 5.82 Å². The number of aryl methyl sites for hydroxylation is 3. The van der Waals surface area contributed by atoms with Crippen LogP contribution in [0, 0.1) is 19.7 Å². The number of halogens is 1. The lowest BCUT2D eigenvalue weighted by Gasteiger charge is -2.32. The molecule has 0 aliphatic rings. The molecule has 2 aromatic heterocycles. The number of ether oxygens (including phenoxy) is 1. The van der Waals surface area contributed by atoms with Crippen molar-refractivity contribution in [1.29, 1.82) is 0 Å². The molecule has 4 rings (SSSR count). The third-order valence-electron chi connectivity index (χ3n) is 6.27. The van der Waals surface area contributed by atoms with Gasteiger partial charge in [-0.2, -0.15) is 5.10 Å². The van der Waals surface area contributed by atoms with Crippen LogP contribution in [0.3, 0.4) is 0 Å². The summed E-state index contributed by atoms with van der Waals surface area (Å²) in [6.45, 7) is 5.68. The van der Waals surface area contributed by atoms with E-state index in [0.717, 1.165) is 34.5 Å². The summed E-state index contributed by atoms with van der Waals surface area (Å²) in [6, 6.07) is 10.5. The Bertz CT molecular complexity index is 1310. The number of methoxy groups -OCH3 is 1. The fraction of sp³-hybridized carbons (Fsp3) is 0.346. The van der Waals surface area contributed by atoms with E-state index < -0.39 is 5.41 Å². The van der Waals surface area contributed by atoms with Crippen LogP contribution in [-0.2, 0) is 12.5 Å². The van der Waals surface area contributed by atoms with E-state index in [4.69, 9.17) is 9.72 Å². The van der Waals surface area contributed by atoms with E-state index >= 15 is 0 Å². The summed E-state index contributed by atoms with van der Waals surface area (Å²) in [7, 11) is 3.45. The van der Waals surface area contributed by atoms with Crippen LogP contribution in [0.4, 0.5) is 4.39 Å². The second-order valence-electron chi connectivity index (χ2n) is 8.64. The molecule has 7 nitrogen and oxygen atoms in total. The number of aliphatic hydroxyl groups excluding tert-OH is 1. The minimum atomic E-state index is -0.801. The number of imidazole rings is 1. The Morgan fingerprint density at radius 3 is 2.56 bits per heavy atom. The molecule has 0 amide bonds. The van der Waals surface area contributed by atoms with Gasteiger partial charge in [0, 0.05) is 18.8 Å². The number of nitrogens with zero attached hydrogens (tertiary/aromatic N) is 5. The summed E-state index contributed by atoms with van der Waals surface area (Å²) in [6.07, 6.45) is 5.13. The van der Waals surface area contributed by atoms with Crippen molar-refractivity contribution in [1.82, 2.24) is 24.3 Å². The van der Waals surface area contributed by atoms with Gasteiger partial charge in [0.25, 0.3) is 0 Å². The molecule has 0 saturated carbocycles. The van der Waals surface area contributed by atoms with E-state index in [1.54, 1.807) is 24.2 Å². The molecule has 34 heavy (non-hydrogen) atoms. The van der Waals surface area contributed by atoms with Gasteiger partial charge in [0.05, 0.1) is 36.8 Å². The molecule has 178 valence electrons. The molecule has 2 heterocycles. The summed E-state index contributed by atoms with van der Waals surface area (Å²) in [5, 5.41) is 15.3. The van der Waals surface area contributed by atoms with E-state index in [1.807, 2.05) is 49.9 Å². The molecule has 8 heteroatoms. The van der Waals surface area contributed by atoms with Crippen LogP contribution in [0.1, 0.15) is 42.4 Å². The molecule has 0 aliphatic carbocycles. The van der Waals surface area contributed by atoms with Crippen molar-refractivity contribution in [3.05, 3.63) is 77.4 Å². The first kappa shape index (κ1) is 23.6. The summed E-state index contributed by atoms with van der Waals surface area (Å²) in [5.41, 5.74) is 3.39. The van der Waals surface area contributed by atoms with Crippen LogP contribution in [0.5, 0.6) is 5.75 Å². The smallest absolute Gasteiger partial charge is 0.181 e. The van der Waals surface area contributed by atoms with Gasteiger partial charge in [-0.25, -0.2) is 14.4 Å². The number of hydrogen-bond donors (Lipinski definition) is 1. The van der Waals surface area contributed by atoms with Crippen LogP contribution in [0.25, 0.3) is 17.1 Å². The largest absolute Gasteiger partial charge is 0.495 e. The first-order valence-corrected chi connectivity index (χ1v) is 11.3. The van der Waals surface area contributed by atoms with Crippen LogP contribution in [0.15, 0.2) is 48.9 Å². The molecule has 4 aromatic rings. The highest BCUT2D eigenvalue weighted by Gasteiger charge is 2.39. The summed E-state index contributed by atoms with van der Waals surface area (Å²) >= 11 is 0. The first-order chi connectivity index (χ1) is 16.3. The number of aromatic nitrogens is 5. The van der Waals surface area contributed by atoms with Gasteiger partial charge in [0.2, 0.25) is 0 Å². The number of hydrogen-bond acceptors (Lipinski definition) is 5. The minimum absolute atomic E-state index is 0.165. The highest BCUT2D eigenvalue weighted by atomic mass is 19.1. The lowest BCUT2D eigenvalue weighted by atomic mass is 9.74. The van der Waals surface area contributed by atoms with Crippen molar-refractivity contribution in [3.63, 3.8) is 0 Å². The van der Waals surface area contributed by atoms with Gasteiger partial charge < -0.3 is 14.4 Å².